The van der Waals surface area contributed by atoms with E-state index >= 15 is 0 Å². The Morgan fingerprint density at radius 2 is 2.00 bits per heavy atom. The van der Waals surface area contributed by atoms with Gasteiger partial charge in [0, 0.05) is 6.04 Å². The average molecular weight is 281 g/mol. The van der Waals surface area contributed by atoms with Gasteiger partial charge in [-0.3, -0.25) is 0 Å². The van der Waals surface area contributed by atoms with Crippen LogP contribution in [0.3, 0.4) is 0 Å². The molecule has 0 amide bonds. The Bertz CT molecular complexity index is 381. The number of unbranched alkanes of at least 4 members (excludes halogenated alkanes) is 2. The molecule has 1 unspecified atom stereocenters. The zero-order valence-electron chi connectivity index (χ0n) is 13.0. The van der Waals surface area contributed by atoms with Crippen molar-refractivity contribution in [1.29, 1.82) is 0 Å². The number of halogens is 1. The maximum atomic E-state index is 14.2. The summed E-state index contributed by atoms with van der Waals surface area (Å²) in [6.45, 7) is 5.35. The second-order valence-corrected chi connectivity index (χ2v) is 5.28. The summed E-state index contributed by atoms with van der Waals surface area (Å²) in [6.07, 6.45) is 6.59. The van der Waals surface area contributed by atoms with E-state index in [2.05, 4.69) is 19.2 Å². The number of ether oxygens (including phenoxy) is 1. The maximum Gasteiger partial charge on any atom is 0.168 e. The molecule has 0 aliphatic rings. The molecule has 1 aromatic rings. The number of methoxy groups -OCH3 is 1. The highest BCUT2D eigenvalue weighted by molar-refractivity contribution is 5.31. The molecule has 0 bridgehead atoms. The summed E-state index contributed by atoms with van der Waals surface area (Å²) in [4.78, 5) is 0. The van der Waals surface area contributed by atoms with E-state index in [9.17, 15) is 4.39 Å². The Balaban J connectivity index is 2.67. The monoisotopic (exact) mass is 281 g/mol. The summed E-state index contributed by atoms with van der Waals surface area (Å²) < 4.78 is 19.2. The van der Waals surface area contributed by atoms with Crippen molar-refractivity contribution in [2.75, 3.05) is 13.7 Å². The van der Waals surface area contributed by atoms with Crippen molar-refractivity contribution in [2.24, 2.45) is 0 Å². The van der Waals surface area contributed by atoms with E-state index in [1.165, 1.54) is 26.4 Å². The Labute approximate surface area is 122 Å². The smallest absolute Gasteiger partial charge is 0.168 e. The topological polar surface area (TPSA) is 21.3 Å². The summed E-state index contributed by atoms with van der Waals surface area (Å²) in [6, 6.07) is 5.74. The lowest BCUT2D eigenvalue weighted by Crippen LogP contribution is -2.32. The molecule has 0 aliphatic heterocycles. The van der Waals surface area contributed by atoms with Gasteiger partial charge in [-0.2, -0.15) is 0 Å². The summed E-state index contributed by atoms with van der Waals surface area (Å²) in [7, 11) is 1.51. The van der Waals surface area contributed by atoms with E-state index in [-0.39, 0.29) is 5.82 Å². The van der Waals surface area contributed by atoms with Gasteiger partial charge >= 0.3 is 0 Å². The van der Waals surface area contributed by atoms with Gasteiger partial charge in [0.1, 0.15) is 0 Å². The quantitative estimate of drug-likeness (QED) is 0.645. The number of hydrogen-bond donors (Lipinski definition) is 1. The van der Waals surface area contributed by atoms with Gasteiger partial charge in [0.25, 0.3) is 0 Å². The molecule has 0 aromatic heterocycles. The Morgan fingerprint density at radius 1 is 1.20 bits per heavy atom. The highest BCUT2D eigenvalue weighted by Gasteiger charge is 2.14. The molecular weight excluding hydrogens is 253 g/mol. The minimum Gasteiger partial charge on any atom is -0.494 e. The van der Waals surface area contributed by atoms with Crippen LogP contribution in [0.4, 0.5) is 4.39 Å². The van der Waals surface area contributed by atoms with Crippen LogP contribution in [-0.2, 0) is 6.42 Å². The van der Waals surface area contributed by atoms with Gasteiger partial charge in [-0.15, -0.1) is 0 Å². The Hall–Kier alpha value is -1.09. The van der Waals surface area contributed by atoms with Gasteiger partial charge in [0.2, 0.25) is 0 Å². The van der Waals surface area contributed by atoms with Crippen LogP contribution in [0.15, 0.2) is 18.2 Å². The van der Waals surface area contributed by atoms with Crippen LogP contribution in [0.2, 0.25) is 0 Å². The minimum absolute atomic E-state index is 0.214. The zero-order chi connectivity index (χ0) is 14.8. The first-order chi connectivity index (χ1) is 9.72. The lowest BCUT2D eigenvalue weighted by molar-refractivity contribution is 0.380. The van der Waals surface area contributed by atoms with Crippen LogP contribution < -0.4 is 10.1 Å². The SMILES string of the molecule is CCCCCC(Cc1cccc(OC)c1F)NCCC. The minimum atomic E-state index is -0.214. The first-order valence-electron chi connectivity index (χ1n) is 7.77. The highest BCUT2D eigenvalue weighted by atomic mass is 19.1. The molecule has 0 radical (unpaired) electrons. The zero-order valence-corrected chi connectivity index (χ0v) is 13.0. The van der Waals surface area contributed by atoms with Crippen molar-refractivity contribution in [1.82, 2.24) is 5.32 Å². The molecule has 0 heterocycles. The van der Waals surface area contributed by atoms with Gasteiger partial charge in [-0.05, 0) is 37.4 Å². The van der Waals surface area contributed by atoms with Gasteiger partial charge in [0.05, 0.1) is 7.11 Å². The molecule has 114 valence electrons. The van der Waals surface area contributed by atoms with Crippen molar-refractivity contribution in [3.05, 3.63) is 29.6 Å². The number of benzene rings is 1. The lowest BCUT2D eigenvalue weighted by atomic mass is 9.99. The number of hydrogen-bond acceptors (Lipinski definition) is 2. The molecule has 2 nitrogen and oxygen atoms in total. The molecular formula is C17H28FNO. The molecule has 1 aromatic carbocycles. The second-order valence-electron chi connectivity index (χ2n) is 5.28. The maximum absolute atomic E-state index is 14.2. The van der Waals surface area contributed by atoms with Crippen LogP contribution in [0, 0.1) is 5.82 Å². The van der Waals surface area contributed by atoms with E-state index in [0.717, 1.165) is 31.4 Å². The fraction of sp³-hybridized carbons (Fsp3) is 0.647. The third-order valence-corrected chi connectivity index (χ3v) is 3.57. The Morgan fingerprint density at radius 3 is 2.65 bits per heavy atom. The van der Waals surface area contributed by atoms with Crippen molar-refractivity contribution >= 4 is 0 Å². The van der Waals surface area contributed by atoms with Crippen molar-refractivity contribution in [2.45, 2.75) is 58.4 Å². The van der Waals surface area contributed by atoms with Crippen molar-refractivity contribution in [3.8, 4) is 5.75 Å². The van der Waals surface area contributed by atoms with Crippen molar-refractivity contribution < 1.29 is 9.13 Å². The van der Waals surface area contributed by atoms with Crippen LogP contribution in [0.5, 0.6) is 5.75 Å². The van der Waals surface area contributed by atoms with E-state index in [1.54, 1.807) is 6.07 Å². The fourth-order valence-electron chi connectivity index (χ4n) is 2.40. The predicted molar refractivity (Wildman–Crippen MR) is 82.9 cm³/mol. The molecule has 3 heteroatoms. The molecule has 0 saturated carbocycles. The molecule has 1 N–H and O–H groups in total. The summed E-state index contributed by atoms with van der Waals surface area (Å²) in [5.41, 5.74) is 0.745. The largest absolute Gasteiger partial charge is 0.494 e. The number of rotatable bonds is 10. The summed E-state index contributed by atoms with van der Waals surface area (Å²) >= 11 is 0. The van der Waals surface area contributed by atoms with Gasteiger partial charge in [-0.1, -0.05) is 45.2 Å². The third kappa shape index (κ3) is 5.49. The normalized spacial score (nSPS) is 12.4. The van der Waals surface area contributed by atoms with Crippen molar-refractivity contribution in [3.63, 3.8) is 0 Å². The number of nitrogens with one attached hydrogen (secondary N) is 1. The molecule has 20 heavy (non-hydrogen) atoms. The van der Waals surface area contributed by atoms with E-state index in [0.29, 0.717) is 11.8 Å². The highest BCUT2D eigenvalue weighted by Crippen LogP contribution is 2.22. The first kappa shape index (κ1) is 17.0. The summed E-state index contributed by atoms with van der Waals surface area (Å²) in [5.74, 6) is 0.124. The standard InChI is InChI=1S/C17H28FNO/c1-4-6-7-10-15(19-12-5-2)13-14-9-8-11-16(20-3)17(14)18/h8-9,11,15,19H,4-7,10,12-13H2,1-3H3. The van der Waals surface area contributed by atoms with Gasteiger partial charge < -0.3 is 10.1 Å². The summed E-state index contributed by atoms with van der Waals surface area (Å²) in [5, 5.41) is 3.53. The van der Waals surface area contributed by atoms with Crippen LogP contribution in [-0.4, -0.2) is 19.7 Å². The van der Waals surface area contributed by atoms with E-state index < -0.39 is 0 Å². The molecule has 0 saturated heterocycles. The molecule has 1 atom stereocenters. The van der Waals surface area contributed by atoms with E-state index in [4.69, 9.17) is 4.74 Å². The van der Waals surface area contributed by atoms with E-state index in [1.807, 2.05) is 12.1 Å². The lowest BCUT2D eigenvalue weighted by Gasteiger charge is -2.19. The molecule has 0 spiro atoms. The van der Waals surface area contributed by atoms with Crippen LogP contribution in [0.25, 0.3) is 0 Å². The molecule has 1 rings (SSSR count). The first-order valence-corrected chi connectivity index (χ1v) is 7.77. The van der Waals surface area contributed by atoms with Gasteiger partial charge in [-0.25, -0.2) is 4.39 Å². The average Bonchev–Trinajstić information content (AvgIpc) is 2.46. The second kappa shape index (κ2) is 9.76. The van der Waals surface area contributed by atoms with Gasteiger partial charge in [0.15, 0.2) is 11.6 Å². The van der Waals surface area contributed by atoms with Crippen LogP contribution in [0.1, 0.15) is 51.5 Å². The Kier molecular flexibility index (Phi) is 8.28. The molecule has 0 fully saturated rings. The molecule has 0 aliphatic carbocycles. The fourth-order valence-corrected chi connectivity index (χ4v) is 2.40. The van der Waals surface area contributed by atoms with Crippen LogP contribution >= 0.6 is 0 Å². The predicted octanol–water partition coefficient (Wildman–Crippen LogP) is 4.33. The third-order valence-electron chi connectivity index (χ3n) is 3.57.